The van der Waals surface area contributed by atoms with E-state index in [0.29, 0.717) is 24.1 Å². The minimum absolute atomic E-state index is 0.196. The standard InChI is InChI=1S/C19H15N3O2S/c23-18-13-6-1-2-7-14(13)19(24)22(18)10-5-11-25-17-15-8-3-4-9-16(15)20-12-21-17/h1-4,6-9,12H,5,10-11H2. The molecule has 3 aromatic rings. The molecular weight excluding hydrogens is 334 g/mol. The average molecular weight is 349 g/mol. The Kier molecular flexibility index (Phi) is 4.19. The van der Waals surface area contributed by atoms with Crippen LogP contribution in [0.25, 0.3) is 10.9 Å². The number of fused-ring (bicyclic) bond motifs is 2. The Labute approximate surface area is 149 Å². The van der Waals surface area contributed by atoms with Gasteiger partial charge in [0.15, 0.2) is 0 Å². The van der Waals surface area contributed by atoms with E-state index in [9.17, 15) is 9.59 Å². The van der Waals surface area contributed by atoms with Crippen molar-refractivity contribution in [3.05, 3.63) is 66.0 Å². The number of nitrogens with zero attached hydrogens (tertiary/aromatic N) is 3. The maximum Gasteiger partial charge on any atom is 0.261 e. The quantitative estimate of drug-likeness (QED) is 0.306. The van der Waals surface area contributed by atoms with Crippen molar-refractivity contribution in [2.45, 2.75) is 11.4 Å². The zero-order valence-electron chi connectivity index (χ0n) is 13.4. The van der Waals surface area contributed by atoms with Crippen molar-refractivity contribution >= 4 is 34.5 Å². The Bertz CT molecular complexity index is 933. The van der Waals surface area contributed by atoms with Gasteiger partial charge in [0, 0.05) is 17.7 Å². The van der Waals surface area contributed by atoms with E-state index in [-0.39, 0.29) is 11.8 Å². The Morgan fingerprint density at radius 2 is 1.56 bits per heavy atom. The Balaban J connectivity index is 1.39. The number of amides is 2. The van der Waals surface area contributed by atoms with E-state index in [2.05, 4.69) is 9.97 Å². The number of benzene rings is 2. The number of hydrogen-bond donors (Lipinski definition) is 0. The van der Waals surface area contributed by atoms with E-state index >= 15 is 0 Å². The summed E-state index contributed by atoms with van der Waals surface area (Å²) in [6, 6.07) is 14.9. The molecular formula is C19H15N3O2S. The van der Waals surface area contributed by atoms with Gasteiger partial charge in [-0.1, -0.05) is 30.3 Å². The lowest BCUT2D eigenvalue weighted by atomic mass is 10.1. The second-order valence-electron chi connectivity index (χ2n) is 5.71. The molecule has 25 heavy (non-hydrogen) atoms. The van der Waals surface area contributed by atoms with E-state index in [0.717, 1.165) is 21.7 Å². The molecule has 0 saturated carbocycles. The SMILES string of the molecule is O=C1c2ccccc2C(=O)N1CCCSc1ncnc2ccccc12. The largest absolute Gasteiger partial charge is 0.274 e. The topological polar surface area (TPSA) is 63.2 Å². The van der Waals surface area contributed by atoms with Gasteiger partial charge in [-0.2, -0.15) is 0 Å². The van der Waals surface area contributed by atoms with Gasteiger partial charge >= 0.3 is 0 Å². The Morgan fingerprint density at radius 3 is 2.32 bits per heavy atom. The van der Waals surface area contributed by atoms with Crippen LogP contribution in [0.15, 0.2) is 59.9 Å². The van der Waals surface area contributed by atoms with Crippen LogP contribution in [0.1, 0.15) is 27.1 Å². The molecule has 5 nitrogen and oxygen atoms in total. The van der Waals surface area contributed by atoms with Crippen LogP contribution < -0.4 is 0 Å². The maximum absolute atomic E-state index is 12.3. The molecule has 2 aromatic carbocycles. The van der Waals surface area contributed by atoms with E-state index in [4.69, 9.17) is 0 Å². The summed E-state index contributed by atoms with van der Waals surface area (Å²) >= 11 is 1.62. The lowest BCUT2D eigenvalue weighted by Crippen LogP contribution is -2.31. The number of hydrogen-bond acceptors (Lipinski definition) is 5. The third-order valence-electron chi connectivity index (χ3n) is 4.15. The Morgan fingerprint density at radius 1 is 0.880 bits per heavy atom. The summed E-state index contributed by atoms with van der Waals surface area (Å²) in [7, 11) is 0. The summed E-state index contributed by atoms with van der Waals surface area (Å²) < 4.78 is 0. The van der Waals surface area contributed by atoms with Gasteiger partial charge in [-0.15, -0.1) is 11.8 Å². The number of aromatic nitrogens is 2. The Hall–Kier alpha value is -2.73. The van der Waals surface area contributed by atoms with Gasteiger partial charge in [0.25, 0.3) is 11.8 Å². The molecule has 0 unspecified atom stereocenters. The number of carbonyl (C=O) groups is 2. The maximum atomic E-state index is 12.3. The van der Waals surface area contributed by atoms with Crippen LogP contribution in [0, 0.1) is 0 Å². The molecule has 1 aliphatic rings. The molecule has 0 atom stereocenters. The zero-order valence-corrected chi connectivity index (χ0v) is 14.2. The number of rotatable bonds is 5. The van der Waals surface area contributed by atoms with Gasteiger partial charge in [0.1, 0.15) is 11.4 Å². The smallest absolute Gasteiger partial charge is 0.261 e. The van der Waals surface area contributed by atoms with Crippen LogP contribution in [-0.2, 0) is 0 Å². The summed E-state index contributed by atoms with van der Waals surface area (Å²) in [6.45, 7) is 0.419. The summed E-state index contributed by atoms with van der Waals surface area (Å²) in [4.78, 5) is 34.6. The fourth-order valence-electron chi connectivity index (χ4n) is 2.93. The molecule has 0 spiro atoms. The number of imide groups is 1. The minimum atomic E-state index is -0.196. The molecule has 1 aliphatic heterocycles. The molecule has 0 bridgehead atoms. The lowest BCUT2D eigenvalue weighted by molar-refractivity contribution is 0.0655. The van der Waals surface area contributed by atoms with Gasteiger partial charge in [-0.25, -0.2) is 9.97 Å². The predicted octanol–water partition coefficient (Wildman–Crippen LogP) is 3.41. The second-order valence-corrected chi connectivity index (χ2v) is 6.79. The van der Waals surface area contributed by atoms with Gasteiger partial charge in [0.2, 0.25) is 0 Å². The van der Waals surface area contributed by atoms with Crippen molar-refractivity contribution in [1.82, 2.24) is 14.9 Å². The predicted molar refractivity (Wildman–Crippen MR) is 96.7 cm³/mol. The van der Waals surface area contributed by atoms with Gasteiger partial charge in [-0.3, -0.25) is 14.5 Å². The zero-order chi connectivity index (χ0) is 17.2. The van der Waals surface area contributed by atoms with Crippen LogP contribution in [0.3, 0.4) is 0 Å². The van der Waals surface area contributed by atoms with Gasteiger partial charge in [-0.05, 0) is 24.6 Å². The molecule has 0 aliphatic carbocycles. The number of thioether (sulfide) groups is 1. The number of para-hydroxylation sites is 1. The van der Waals surface area contributed by atoms with Crippen molar-refractivity contribution in [1.29, 1.82) is 0 Å². The fourth-order valence-corrected chi connectivity index (χ4v) is 3.85. The second kappa shape index (κ2) is 6.64. The first-order valence-corrected chi connectivity index (χ1v) is 9.02. The third kappa shape index (κ3) is 2.89. The summed E-state index contributed by atoms with van der Waals surface area (Å²) in [6.07, 6.45) is 2.28. The summed E-state index contributed by atoms with van der Waals surface area (Å²) in [5.74, 6) is 0.380. The van der Waals surface area contributed by atoms with Crippen LogP contribution in [0.2, 0.25) is 0 Å². The van der Waals surface area contributed by atoms with Crippen molar-refractivity contribution in [2.24, 2.45) is 0 Å². The number of carbonyl (C=O) groups excluding carboxylic acids is 2. The summed E-state index contributed by atoms with van der Waals surface area (Å²) in [5.41, 5.74) is 1.92. The molecule has 0 N–H and O–H groups in total. The normalized spacial score (nSPS) is 13.5. The molecule has 2 heterocycles. The minimum Gasteiger partial charge on any atom is -0.274 e. The van der Waals surface area contributed by atoms with Crippen molar-refractivity contribution in [2.75, 3.05) is 12.3 Å². The highest BCUT2D eigenvalue weighted by Gasteiger charge is 2.34. The summed E-state index contributed by atoms with van der Waals surface area (Å²) in [5, 5.41) is 1.95. The molecule has 0 saturated heterocycles. The fraction of sp³-hybridized carbons (Fsp3) is 0.158. The molecule has 0 fully saturated rings. The van der Waals surface area contributed by atoms with Gasteiger partial charge < -0.3 is 0 Å². The molecule has 4 rings (SSSR count). The molecule has 124 valence electrons. The molecule has 1 aromatic heterocycles. The first-order valence-electron chi connectivity index (χ1n) is 8.03. The molecule has 6 heteroatoms. The van der Waals surface area contributed by atoms with E-state index in [1.54, 1.807) is 42.4 Å². The molecule has 2 amide bonds. The van der Waals surface area contributed by atoms with Crippen molar-refractivity contribution in [3.63, 3.8) is 0 Å². The van der Waals surface area contributed by atoms with Crippen molar-refractivity contribution in [3.8, 4) is 0 Å². The first-order chi connectivity index (χ1) is 12.3. The monoisotopic (exact) mass is 349 g/mol. The highest BCUT2D eigenvalue weighted by atomic mass is 32.2. The highest BCUT2D eigenvalue weighted by molar-refractivity contribution is 7.99. The highest BCUT2D eigenvalue weighted by Crippen LogP contribution is 2.26. The molecule has 0 radical (unpaired) electrons. The van der Waals surface area contributed by atoms with Crippen LogP contribution in [0.5, 0.6) is 0 Å². The van der Waals surface area contributed by atoms with Gasteiger partial charge in [0.05, 0.1) is 16.6 Å². The van der Waals surface area contributed by atoms with E-state index in [1.165, 1.54) is 4.90 Å². The van der Waals surface area contributed by atoms with Crippen molar-refractivity contribution < 1.29 is 9.59 Å². The van der Waals surface area contributed by atoms with E-state index < -0.39 is 0 Å². The lowest BCUT2D eigenvalue weighted by Gasteiger charge is -2.13. The van der Waals surface area contributed by atoms with Crippen LogP contribution in [-0.4, -0.2) is 39.0 Å². The van der Waals surface area contributed by atoms with Crippen LogP contribution >= 0.6 is 11.8 Å². The van der Waals surface area contributed by atoms with Crippen LogP contribution in [0.4, 0.5) is 0 Å². The van der Waals surface area contributed by atoms with E-state index in [1.807, 2.05) is 24.3 Å². The average Bonchev–Trinajstić information content (AvgIpc) is 2.90. The third-order valence-corrected chi connectivity index (χ3v) is 5.24. The first kappa shape index (κ1) is 15.8.